The molecular weight excluding hydrogens is 515 g/mol. The predicted octanol–water partition coefficient (Wildman–Crippen LogP) is 2.33. The number of fused-ring (bicyclic) bond motifs is 1. The van der Waals surface area contributed by atoms with Gasteiger partial charge in [-0.25, -0.2) is 12.2 Å². The molecule has 0 fully saturated rings. The molecule has 0 spiro atoms. The molecule has 4 heteroatoms. The maximum atomic E-state index is 2.99. The molecule has 0 saturated heterocycles. The number of rotatable bonds is 4. The Morgan fingerprint density at radius 2 is 1.52 bits per heavy atom. The first-order valence-corrected chi connectivity index (χ1v) is 11.3. The van der Waals surface area contributed by atoms with E-state index in [4.69, 9.17) is 0 Å². The van der Waals surface area contributed by atoms with E-state index in [9.17, 15) is 0 Å². The molecule has 0 aliphatic heterocycles. The van der Waals surface area contributed by atoms with Crippen molar-refractivity contribution in [1.82, 2.24) is 0 Å². The molecule has 0 amide bonds. The Labute approximate surface area is 225 Å². The average Bonchev–Trinajstić information content (AvgIpc) is 3.49. The van der Waals surface area contributed by atoms with E-state index < -0.39 is 0 Å². The first kappa shape index (κ1) is 34.8. The standard InChI is InChI=1S/C15H11.C6H14.C5H5.CH3Si.2ClH.Zr/c1-2-6-12(7-3-1)14-10-4-8-13-9-5-11-15(13)14;1-3-5-6-4-2;1-2-4-5-3-1;1-2;;;/h1-11H;3-6H2,1-2H3;1-3H,4H2;1H3;2*1H;/q-1;;-1;;;;+4/p-2. The predicted molar refractivity (Wildman–Crippen MR) is 128 cm³/mol. The van der Waals surface area contributed by atoms with Crippen LogP contribution in [0.25, 0.3) is 21.9 Å². The molecular formula is C27H33Cl2SiZr. The minimum absolute atomic E-state index is 0. The summed E-state index contributed by atoms with van der Waals surface area (Å²) >= 11 is 0. The SMILES string of the molecule is CCCCCC.C[Si].[C-]1=CC=CC1.[Cl-].[Cl-].[Zr+4].c1ccc(-c2cccc3[cH-]ccc23)cc1. The fraction of sp³-hybridized carbons (Fsp3) is 0.296. The number of unbranched alkanes of at least 4 members (excludes halogenated alkanes) is 3. The number of hydrogen-bond donors (Lipinski definition) is 0. The molecule has 3 radical (unpaired) electrons. The summed E-state index contributed by atoms with van der Waals surface area (Å²) in [6.07, 6.45) is 15.5. The molecule has 0 nitrogen and oxygen atoms in total. The number of allylic oxidation sites excluding steroid dienone is 4. The maximum Gasteiger partial charge on any atom is 4.00 e. The number of halogens is 2. The van der Waals surface area contributed by atoms with Gasteiger partial charge in [0.25, 0.3) is 0 Å². The molecule has 3 aromatic carbocycles. The summed E-state index contributed by atoms with van der Waals surface area (Å²) in [5, 5.41) is 2.65. The van der Waals surface area contributed by atoms with Crippen molar-refractivity contribution in [1.29, 1.82) is 0 Å². The second-order valence-corrected chi connectivity index (χ2v) is 6.41. The Bertz CT molecular complexity index is 796. The summed E-state index contributed by atoms with van der Waals surface area (Å²) < 4.78 is 0. The van der Waals surface area contributed by atoms with E-state index in [0.29, 0.717) is 0 Å². The van der Waals surface area contributed by atoms with Crippen LogP contribution in [0.1, 0.15) is 46.0 Å². The minimum atomic E-state index is 0. The van der Waals surface area contributed by atoms with Gasteiger partial charge in [-0.2, -0.15) is 18.2 Å². The van der Waals surface area contributed by atoms with Crippen LogP contribution in [0.5, 0.6) is 0 Å². The third kappa shape index (κ3) is 14.1. The van der Waals surface area contributed by atoms with Crippen LogP contribution >= 0.6 is 0 Å². The molecule has 0 heterocycles. The Morgan fingerprint density at radius 1 is 0.871 bits per heavy atom. The molecule has 0 unspecified atom stereocenters. The van der Waals surface area contributed by atoms with Crippen LogP contribution in [0.3, 0.4) is 0 Å². The van der Waals surface area contributed by atoms with Crippen molar-refractivity contribution in [3.05, 3.63) is 91.0 Å². The maximum absolute atomic E-state index is 2.99. The number of hydrogen-bond acceptors (Lipinski definition) is 0. The van der Waals surface area contributed by atoms with Crippen LogP contribution < -0.4 is 24.8 Å². The monoisotopic (exact) mass is 545 g/mol. The normalized spacial score (nSPS) is 9.94. The Balaban J connectivity index is -0.000000417. The zero-order valence-corrected chi connectivity index (χ0v) is 23.8. The van der Waals surface area contributed by atoms with Crippen LogP contribution in [0.4, 0.5) is 0 Å². The van der Waals surface area contributed by atoms with Crippen molar-refractivity contribution in [3.8, 4) is 11.1 Å². The third-order valence-corrected chi connectivity index (χ3v) is 4.31. The zero-order valence-electron chi connectivity index (χ0n) is 18.9. The van der Waals surface area contributed by atoms with Gasteiger partial charge in [0.05, 0.1) is 0 Å². The van der Waals surface area contributed by atoms with Gasteiger partial charge in [-0.3, -0.25) is 6.08 Å². The molecule has 0 atom stereocenters. The second-order valence-electron chi connectivity index (χ2n) is 6.41. The molecule has 0 N–H and O–H groups in total. The quantitative estimate of drug-likeness (QED) is 0.267. The Hall–Kier alpha value is -0.790. The molecule has 1 aliphatic carbocycles. The summed E-state index contributed by atoms with van der Waals surface area (Å²) in [5.74, 6) is 0. The van der Waals surface area contributed by atoms with Crippen molar-refractivity contribution in [2.75, 3.05) is 0 Å². The van der Waals surface area contributed by atoms with Crippen molar-refractivity contribution >= 4 is 21.0 Å². The zero-order chi connectivity index (χ0) is 20.5. The summed E-state index contributed by atoms with van der Waals surface area (Å²) in [7, 11) is 2.97. The average molecular weight is 548 g/mol. The van der Waals surface area contributed by atoms with E-state index in [1.807, 2.05) is 12.2 Å². The van der Waals surface area contributed by atoms with E-state index >= 15 is 0 Å². The minimum Gasteiger partial charge on any atom is -1.00 e. The summed E-state index contributed by atoms with van der Waals surface area (Å²) in [5.41, 5.74) is 2.60. The summed E-state index contributed by atoms with van der Waals surface area (Å²) in [6, 6.07) is 23.4. The largest absolute Gasteiger partial charge is 4.00 e. The first-order valence-electron chi connectivity index (χ1n) is 10.3. The number of benzene rings is 2. The Kier molecular flexibility index (Phi) is 26.8. The van der Waals surface area contributed by atoms with Gasteiger partial charge < -0.3 is 24.8 Å². The molecule has 0 aromatic heterocycles. The molecule has 0 bridgehead atoms. The van der Waals surface area contributed by atoms with Crippen molar-refractivity contribution in [2.24, 2.45) is 0 Å². The van der Waals surface area contributed by atoms with Crippen molar-refractivity contribution in [2.45, 2.75) is 52.5 Å². The van der Waals surface area contributed by atoms with Gasteiger partial charge >= 0.3 is 26.2 Å². The van der Waals surface area contributed by atoms with Crippen LogP contribution in [0.2, 0.25) is 6.55 Å². The summed E-state index contributed by atoms with van der Waals surface area (Å²) in [4.78, 5) is 0. The van der Waals surface area contributed by atoms with Gasteiger partial charge in [0, 0.05) is 10.2 Å². The van der Waals surface area contributed by atoms with Crippen molar-refractivity contribution in [3.63, 3.8) is 0 Å². The topological polar surface area (TPSA) is 0 Å². The molecule has 0 saturated carbocycles. The third-order valence-electron chi connectivity index (χ3n) is 4.31. The van der Waals surface area contributed by atoms with Gasteiger partial charge in [-0.05, 0) is 5.56 Å². The first-order chi connectivity index (χ1) is 13.9. The smallest absolute Gasteiger partial charge is 1.00 e. The van der Waals surface area contributed by atoms with Crippen LogP contribution in [-0.4, -0.2) is 10.2 Å². The van der Waals surface area contributed by atoms with Gasteiger partial charge in [0.1, 0.15) is 0 Å². The van der Waals surface area contributed by atoms with E-state index in [1.54, 1.807) is 6.55 Å². The van der Waals surface area contributed by atoms with Gasteiger partial charge in [0.2, 0.25) is 0 Å². The molecule has 4 rings (SSSR count). The van der Waals surface area contributed by atoms with Crippen LogP contribution in [-0.2, 0) is 26.2 Å². The van der Waals surface area contributed by atoms with Crippen LogP contribution in [0, 0.1) is 6.08 Å². The van der Waals surface area contributed by atoms with E-state index in [1.165, 1.54) is 47.6 Å². The molecule has 163 valence electrons. The fourth-order valence-electron chi connectivity index (χ4n) is 2.87. The van der Waals surface area contributed by atoms with E-state index in [2.05, 4.69) is 103 Å². The molecule has 3 aromatic rings. The van der Waals surface area contributed by atoms with E-state index in [0.717, 1.165) is 6.42 Å². The van der Waals surface area contributed by atoms with Gasteiger partial charge in [-0.1, -0.05) is 88.0 Å². The van der Waals surface area contributed by atoms with Gasteiger partial charge in [0.15, 0.2) is 0 Å². The summed E-state index contributed by atoms with van der Waals surface area (Å²) in [6.45, 7) is 6.27. The second kappa shape index (κ2) is 23.9. The van der Waals surface area contributed by atoms with Crippen molar-refractivity contribution < 1.29 is 51.0 Å². The van der Waals surface area contributed by atoms with Crippen LogP contribution in [0.15, 0.2) is 85.0 Å². The van der Waals surface area contributed by atoms with E-state index in [-0.39, 0.29) is 51.0 Å². The van der Waals surface area contributed by atoms with Gasteiger partial charge in [-0.15, -0.1) is 35.4 Å². The Morgan fingerprint density at radius 3 is 2.00 bits per heavy atom. The molecule has 31 heavy (non-hydrogen) atoms. The molecule has 1 aliphatic rings. The fourth-order valence-corrected chi connectivity index (χ4v) is 2.87.